The van der Waals surface area contributed by atoms with Gasteiger partial charge in [-0.15, -0.1) is 6.42 Å². The molecule has 0 unspecified atom stereocenters. The molecule has 0 atom stereocenters. The van der Waals surface area contributed by atoms with Crippen molar-refractivity contribution in [1.29, 1.82) is 0 Å². The van der Waals surface area contributed by atoms with Crippen molar-refractivity contribution in [2.24, 2.45) is 0 Å². The molecule has 0 aliphatic rings. The molecule has 3 rings (SSSR count). The number of aryl methyl sites for hydroxylation is 1. The minimum absolute atomic E-state index is 0.279. The average molecular weight is 395 g/mol. The molecule has 152 valence electrons. The number of hydrogen-bond acceptors (Lipinski definition) is 6. The smallest absolute Gasteiger partial charge is 0.277 e. The number of nitrogens with one attached hydrogen (secondary N) is 1. The predicted octanol–water partition coefficient (Wildman–Crippen LogP) is 2.55. The summed E-state index contributed by atoms with van der Waals surface area (Å²) in [6, 6.07) is 1.75. The van der Waals surface area contributed by atoms with Crippen LogP contribution >= 0.6 is 0 Å². The lowest BCUT2D eigenvalue weighted by molar-refractivity contribution is 0.184. The van der Waals surface area contributed by atoms with Crippen LogP contribution in [-0.4, -0.2) is 45.1 Å². The largest absolute Gasteiger partial charge is 0.477 e. The predicted molar refractivity (Wildman–Crippen MR) is 111 cm³/mol. The number of ether oxygens (including phenoxy) is 2. The van der Waals surface area contributed by atoms with Gasteiger partial charge in [-0.2, -0.15) is 5.10 Å². The third kappa shape index (κ3) is 4.30. The summed E-state index contributed by atoms with van der Waals surface area (Å²) < 4.78 is 12.6. The standard InChI is InChI=1S/C21H25N5O3/c1-5-8-10-29-21-15(12-14(6-2)13-22-21)19-23-17-16(7-3)25-26(9-11-28-4)18(17)20(27)24-19/h2,12-13H,5,7-11H2,1,3-4H3,(H,23,24,27). The Bertz CT molecular complexity index is 1090. The molecule has 0 spiro atoms. The Morgan fingerprint density at radius 1 is 1.31 bits per heavy atom. The van der Waals surface area contributed by atoms with Gasteiger partial charge in [-0.25, -0.2) is 9.97 Å². The number of pyridine rings is 1. The van der Waals surface area contributed by atoms with Crippen molar-refractivity contribution in [3.63, 3.8) is 0 Å². The van der Waals surface area contributed by atoms with Gasteiger partial charge < -0.3 is 14.5 Å². The maximum Gasteiger partial charge on any atom is 0.277 e. The first-order valence-electron chi connectivity index (χ1n) is 9.71. The molecule has 8 heteroatoms. The Labute approximate surface area is 169 Å². The third-order valence-electron chi connectivity index (χ3n) is 4.52. The van der Waals surface area contributed by atoms with Crippen LogP contribution in [-0.2, 0) is 17.7 Å². The van der Waals surface area contributed by atoms with Gasteiger partial charge in [-0.1, -0.05) is 26.2 Å². The van der Waals surface area contributed by atoms with Crippen LogP contribution < -0.4 is 10.3 Å². The summed E-state index contributed by atoms with van der Waals surface area (Å²) in [7, 11) is 1.61. The summed E-state index contributed by atoms with van der Waals surface area (Å²) in [6.45, 7) is 5.50. The minimum Gasteiger partial charge on any atom is -0.477 e. The van der Waals surface area contributed by atoms with Gasteiger partial charge in [0.1, 0.15) is 11.3 Å². The Hall–Kier alpha value is -3.18. The van der Waals surface area contributed by atoms with E-state index in [1.165, 1.54) is 0 Å². The molecule has 1 N–H and O–H groups in total. The van der Waals surface area contributed by atoms with E-state index in [0.29, 0.717) is 60.0 Å². The van der Waals surface area contributed by atoms with Gasteiger partial charge in [0.15, 0.2) is 5.52 Å². The minimum atomic E-state index is -0.279. The van der Waals surface area contributed by atoms with Crippen molar-refractivity contribution in [2.45, 2.75) is 39.7 Å². The highest BCUT2D eigenvalue weighted by molar-refractivity contribution is 5.79. The zero-order valence-corrected chi connectivity index (χ0v) is 17.0. The van der Waals surface area contributed by atoms with E-state index < -0.39 is 0 Å². The fourth-order valence-electron chi connectivity index (χ4n) is 2.98. The van der Waals surface area contributed by atoms with Crippen molar-refractivity contribution in [3.8, 4) is 29.6 Å². The highest BCUT2D eigenvalue weighted by Crippen LogP contribution is 2.27. The summed E-state index contributed by atoms with van der Waals surface area (Å²) in [5.41, 5.74) is 2.60. The first kappa shape index (κ1) is 20.6. The lowest BCUT2D eigenvalue weighted by atomic mass is 10.2. The molecule has 0 saturated carbocycles. The zero-order valence-electron chi connectivity index (χ0n) is 17.0. The first-order valence-corrected chi connectivity index (χ1v) is 9.71. The molecule has 0 saturated heterocycles. The zero-order chi connectivity index (χ0) is 20.8. The monoisotopic (exact) mass is 395 g/mol. The fourth-order valence-corrected chi connectivity index (χ4v) is 2.98. The van der Waals surface area contributed by atoms with E-state index in [4.69, 9.17) is 20.9 Å². The van der Waals surface area contributed by atoms with Crippen LogP contribution in [0.4, 0.5) is 0 Å². The van der Waals surface area contributed by atoms with Crippen molar-refractivity contribution < 1.29 is 9.47 Å². The molecule has 8 nitrogen and oxygen atoms in total. The molecule has 3 aromatic rings. The summed E-state index contributed by atoms with van der Waals surface area (Å²) >= 11 is 0. The number of fused-ring (bicyclic) bond motifs is 1. The number of nitrogens with zero attached hydrogens (tertiary/aromatic N) is 4. The number of terminal acetylenes is 1. The van der Waals surface area contributed by atoms with Gasteiger partial charge >= 0.3 is 0 Å². The summed E-state index contributed by atoms with van der Waals surface area (Å²) in [5, 5.41) is 4.53. The second-order valence-corrected chi connectivity index (χ2v) is 6.55. The Morgan fingerprint density at radius 2 is 2.14 bits per heavy atom. The van der Waals surface area contributed by atoms with Crippen LogP contribution in [0.5, 0.6) is 5.88 Å². The summed E-state index contributed by atoms with van der Waals surface area (Å²) in [5.74, 6) is 3.32. The van der Waals surface area contributed by atoms with Gasteiger partial charge in [0, 0.05) is 18.9 Å². The van der Waals surface area contributed by atoms with Gasteiger partial charge in [-0.05, 0) is 18.9 Å². The molecule has 0 fully saturated rings. The van der Waals surface area contributed by atoms with Crippen LogP contribution in [0.25, 0.3) is 22.4 Å². The number of aromatic nitrogens is 5. The molecule has 29 heavy (non-hydrogen) atoms. The summed E-state index contributed by atoms with van der Waals surface area (Å²) in [6.07, 6.45) is 9.65. The highest BCUT2D eigenvalue weighted by atomic mass is 16.5. The second kappa shape index (κ2) is 9.34. The van der Waals surface area contributed by atoms with Gasteiger partial charge in [0.2, 0.25) is 5.88 Å². The van der Waals surface area contributed by atoms with Gasteiger partial charge in [-0.3, -0.25) is 9.48 Å². The van der Waals surface area contributed by atoms with Crippen LogP contribution in [0.15, 0.2) is 17.1 Å². The molecule has 0 amide bonds. The molecule has 0 aliphatic carbocycles. The number of unbranched alkanes of at least 4 members (excludes halogenated alkanes) is 1. The van der Waals surface area contributed by atoms with E-state index in [9.17, 15) is 4.79 Å². The van der Waals surface area contributed by atoms with Crippen LogP contribution in [0.2, 0.25) is 0 Å². The van der Waals surface area contributed by atoms with E-state index in [0.717, 1.165) is 18.5 Å². The molecular formula is C21H25N5O3. The number of rotatable bonds is 9. The molecule has 3 aromatic heterocycles. The number of hydrogen-bond donors (Lipinski definition) is 1. The number of H-pyrrole nitrogens is 1. The summed E-state index contributed by atoms with van der Waals surface area (Å²) in [4.78, 5) is 24.8. The lowest BCUT2D eigenvalue weighted by Gasteiger charge is -2.10. The van der Waals surface area contributed by atoms with Crippen LogP contribution in [0.3, 0.4) is 0 Å². The van der Waals surface area contributed by atoms with Crippen LogP contribution in [0, 0.1) is 12.3 Å². The quantitative estimate of drug-likeness (QED) is 0.442. The van der Waals surface area contributed by atoms with Gasteiger partial charge in [0.25, 0.3) is 5.56 Å². The van der Waals surface area contributed by atoms with E-state index in [-0.39, 0.29) is 5.56 Å². The number of methoxy groups -OCH3 is 1. The molecule has 3 heterocycles. The fraction of sp³-hybridized carbons (Fsp3) is 0.429. The lowest BCUT2D eigenvalue weighted by Crippen LogP contribution is -2.16. The van der Waals surface area contributed by atoms with E-state index in [1.54, 1.807) is 24.1 Å². The Kier molecular flexibility index (Phi) is 6.62. The second-order valence-electron chi connectivity index (χ2n) is 6.55. The molecule has 0 aliphatic heterocycles. The van der Waals surface area contributed by atoms with Gasteiger partial charge in [0.05, 0.1) is 31.0 Å². The first-order chi connectivity index (χ1) is 14.1. The number of aromatic amines is 1. The topological polar surface area (TPSA) is 94.9 Å². The molecular weight excluding hydrogens is 370 g/mol. The van der Waals surface area contributed by atoms with Crippen molar-refractivity contribution in [1.82, 2.24) is 24.7 Å². The molecule has 0 radical (unpaired) electrons. The highest BCUT2D eigenvalue weighted by Gasteiger charge is 2.19. The molecule has 0 bridgehead atoms. The third-order valence-corrected chi connectivity index (χ3v) is 4.52. The van der Waals surface area contributed by atoms with Crippen molar-refractivity contribution >= 4 is 11.0 Å². The van der Waals surface area contributed by atoms with E-state index in [1.807, 2.05) is 6.92 Å². The SMILES string of the molecule is C#Cc1cnc(OCCCC)c(-c2nc3c(CC)nn(CCOC)c3c(=O)[nH]2)c1. The normalized spacial score (nSPS) is 11.0. The van der Waals surface area contributed by atoms with Crippen molar-refractivity contribution in [2.75, 3.05) is 20.3 Å². The van der Waals surface area contributed by atoms with Crippen molar-refractivity contribution in [3.05, 3.63) is 33.9 Å². The van der Waals surface area contributed by atoms with E-state index in [2.05, 4.69) is 27.9 Å². The maximum atomic E-state index is 12.9. The Balaban J connectivity index is 2.15. The molecule has 0 aromatic carbocycles. The maximum absolute atomic E-state index is 12.9. The Morgan fingerprint density at radius 3 is 2.83 bits per heavy atom. The average Bonchev–Trinajstić information content (AvgIpc) is 3.10. The van der Waals surface area contributed by atoms with E-state index >= 15 is 0 Å². The van der Waals surface area contributed by atoms with Crippen LogP contribution in [0.1, 0.15) is 37.9 Å².